The summed E-state index contributed by atoms with van der Waals surface area (Å²) in [6.45, 7) is 4.29. The third kappa shape index (κ3) is 3.23. The molecule has 0 fully saturated rings. The zero-order valence-electron chi connectivity index (χ0n) is 10.8. The highest BCUT2D eigenvalue weighted by Gasteiger charge is 2.10. The summed E-state index contributed by atoms with van der Waals surface area (Å²) in [5.74, 6) is 0.355. The van der Waals surface area contributed by atoms with Crippen LogP contribution in [0.5, 0.6) is 5.75 Å². The van der Waals surface area contributed by atoms with Crippen molar-refractivity contribution in [2.75, 3.05) is 17.7 Å². The van der Waals surface area contributed by atoms with Crippen LogP contribution in [0.4, 0.5) is 10.8 Å². The van der Waals surface area contributed by atoms with E-state index in [4.69, 9.17) is 10.5 Å². The highest BCUT2D eigenvalue weighted by molar-refractivity contribution is 7.13. The summed E-state index contributed by atoms with van der Waals surface area (Å²) in [5.41, 5.74) is 7.64. The van der Waals surface area contributed by atoms with Crippen molar-refractivity contribution in [2.45, 2.75) is 13.8 Å². The van der Waals surface area contributed by atoms with Gasteiger partial charge in [0.25, 0.3) is 5.91 Å². The number of aromatic nitrogens is 1. The van der Waals surface area contributed by atoms with E-state index in [1.807, 2.05) is 19.2 Å². The van der Waals surface area contributed by atoms with Gasteiger partial charge in [-0.25, -0.2) is 4.98 Å². The Labute approximate surface area is 115 Å². The maximum absolute atomic E-state index is 12.0. The molecule has 0 bridgehead atoms. The summed E-state index contributed by atoms with van der Waals surface area (Å²) in [4.78, 5) is 16.2. The lowest BCUT2D eigenvalue weighted by molar-refractivity contribution is 0.102. The molecule has 0 aliphatic carbocycles. The van der Waals surface area contributed by atoms with E-state index in [-0.39, 0.29) is 5.91 Å². The first kappa shape index (κ1) is 13.4. The first-order chi connectivity index (χ1) is 9.10. The average Bonchev–Trinajstić information content (AvgIpc) is 2.77. The fraction of sp³-hybridized carbons (Fsp3) is 0.231. The number of hydrogen-bond donors (Lipinski definition) is 2. The molecule has 1 aromatic carbocycles. The Morgan fingerprint density at radius 1 is 1.53 bits per heavy atom. The molecule has 0 radical (unpaired) electrons. The molecule has 0 aliphatic rings. The van der Waals surface area contributed by atoms with Gasteiger partial charge in [-0.1, -0.05) is 0 Å². The second kappa shape index (κ2) is 5.71. The molecule has 5 nitrogen and oxygen atoms in total. The Bertz CT molecular complexity index is 595. The Morgan fingerprint density at radius 3 is 2.89 bits per heavy atom. The number of thiazole rings is 1. The van der Waals surface area contributed by atoms with Crippen LogP contribution in [0, 0.1) is 6.92 Å². The molecule has 1 aromatic heterocycles. The topological polar surface area (TPSA) is 77.2 Å². The van der Waals surface area contributed by atoms with Crippen molar-refractivity contribution < 1.29 is 9.53 Å². The Morgan fingerprint density at radius 2 is 2.32 bits per heavy atom. The van der Waals surface area contributed by atoms with E-state index in [0.717, 1.165) is 5.69 Å². The van der Waals surface area contributed by atoms with Crippen LogP contribution in [0.25, 0.3) is 0 Å². The van der Waals surface area contributed by atoms with Gasteiger partial charge in [0.05, 0.1) is 18.0 Å². The monoisotopic (exact) mass is 277 g/mol. The number of nitrogens with one attached hydrogen (secondary N) is 1. The van der Waals surface area contributed by atoms with Crippen LogP contribution < -0.4 is 15.8 Å². The molecule has 3 N–H and O–H groups in total. The van der Waals surface area contributed by atoms with Crippen LogP contribution >= 0.6 is 11.3 Å². The molecule has 0 saturated carbocycles. The molecular weight excluding hydrogens is 262 g/mol. The predicted octanol–water partition coefficient (Wildman–Crippen LogP) is 2.68. The van der Waals surface area contributed by atoms with E-state index in [1.165, 1.54) is 11.3 Å². The number of nitrogen functional groups attached to an aromatic ring is 1. The van der Waals surface area contributed by atoms with Crippen molar-refractivity contribution in [1.29, 1.82) is 0 Å². The number of hydrogen-bond acceptors (Lipinski definition) is 5. The highest BCUT2D eigenvalue weighted by Crippen LogP contribution is 2.23. The van der Waals surface area contributed by atoms with Crippen LogP contribution in [-0.2, 0) is 0 Å². The molecule has 0 aliphatic heterocycles. The first-order valence-electron chi connectivity index (χ1n) is 5.86. The molecule has 0 unspecified atom stereocenters. The second-order valence-corrected chi connectivity index (χ2v) is 4.79. The average molecular weight is 277 g/mol. The van der Waals surface area contributed by atoms with E-state index in [2.05, 4.69) is 10.3 Å². The zero-order chi connectivity index (χ0) is 13.8. The standard InChI is InChI=1S/C13H15N3O2S/c1-3-18-11-5-4-9(6-10(11)14)12(17)16-13-15-8(2)7-19-13/h4-7H,3,14H2,1-2H3,(H,15,16,17). The fourth-order valence-corrected chi connectivity index (χ4v) is 2.24. The largest absolute Gasteiger partial charge is 0.492 e. The molecular formula is C13H15N3O2S. The summed E-state index contributed by atoms with van der Waals surface area (Å²) in [5, 5.41) is 5.19. The van der Waals surface area contributed by atoms with Gasteiger partial charge in [0.1, 0.15) is 5.75 Å². The molecule has 0 atom stereocenters. The van der Waals surface area contributed by atoms with Gasteiger partial charge in [-0.05, 0) is 32.0 Å². The lowest BCUT2D eigenvalue weighted by Gasteiger charge is -2.08. The van der Waals surface area contributed by atoms with Crippen molar-refractivity contribution in [3.63, 3.8) is 0 Å². The SMILES string of the molecule is CCOc1ccc(C(=O)Nc2nc(C)cs2)cc1N. The zero-order valence-corrected chi connectivity index (χ0v) is 11.6. The molecule has 2 rings (SSSR count). The van der Waals surface area contributed by atoms with Gasteiger partial charge in [0.15, 0.2) is 5.13 Å². The third-order valence-corrected chi connectivity index (χ3v) is 3.29. The van der Waals surface area contributed by atoms with E-state index in [9.17, 15) is 4.79 Å². The maximum atomic E-state index is 12.0. The number of nitrogens with zero attached hydrogens (tertiary/aromatic N) is 1. The summed E-state index contributed by atoms with van der Waals surface area (Å²) < 4.78 is 5.33. The lowest BCUT2D eigenvalue weighted by Crippen LogP contribution is -2.12. The number of carbonyl (C=O) groups is 1. The molecule has 1 heterocycles. The summed E-state index contributed by atoms with van der Waals surface area (Å²) in [7, 11) is 0. The van der Waals surface area contributed by atoms with Gasteiger partial charge >= 0.3 is 0 Å². The fourth-order valence-electron chi connectivity index (χ4n) is 1.56. The smallest absolute Gasteiger partial charge is 0.257 e. The summed E-state index contributed by atoms with van der Waals surface area (Å²) >= 11 is 1.39. The van der Waals surface area contributed by atoms with Crippen molar-refractivity contribution in [3.05, 3.63) is 34.8 Å². The molecule has 6 heteroatoms. The summed E-state index contributed by atoms with van der Waals surface area (Å²) in [6, 6.07) is 4.97. The van der Waals surface area contributed by atoms with Gasteiger partial charge < -0.3 is 10.5 Å². The van der Waals surface area contributed by atoms with Crippen LogP contribution in [0.1, 0.15) is 23.0 Å². The van der Waals surface area contributed by atoms with E-state index in [0.29, 0.717) is 28.7 Å². The Balaban J connectivity index is 2.13. The second-order valence-electron chi connectivity index (χ2n) is 3.93. The number of anilines is 2. The number of aryl methyl sites for hydroxylation is 1. The first-order valence-corrected chi connectivity index (χ1v) is 6.74. The Hall–Kier alpha value is -2.08. The van der Waals surface area contributed by atoms with Crippen molar-refractivity contribution >= 4 is 28.1 Å². The molecule has 1 amide bonds. The van der Waals surface area contributed by atoms with Crippen LogP contribution in [0.15, 0.2) is 23.6 Å². The third-order valence-electron chi connectivity index (χ3n) is 2.41. The molecule has 19 heavy (non-hydrogen) atoms. The van der Waals surface area contributed by atoms with Gasteiger partial charge in [-0.2, -0.15) is 0 Å². The minimum atomic E-state index is -0.232. The van der Waals surface area contributed by atoms with Gasteiger partial charge in [-0.15, -0.1) is 11.3 Å². The van der Waals surface area contributed by atoms with Gasteiger partial charge in [-0.3, -0.25) is 10.1 Å². The van der Waals surface area contributed by atoms with Crippen molar-refractivity contribution in [3.8, 4) is 5.75 Å². The van der Waals surface area contributed by atoms with Crippen molar-refractivity contribution in [2.24, 2.45) is 0 Å². The Kier molecular flexibility index (Phi) is 4.01. The van der Waals surface area contributed by atoms with Crippen LogP contribution in [0.2, 0.25) is 0 Å². The van der Waals surface area contributed by atoms with E-state index >= 15 is 0 Å². The molecule has 2 aromatic rings. The van der Waals surface area contributed by atoms with E-state index in [1.54, 1.807) is 18.2 Å². The highest BCUT2D eigenvalue weighted by atomic mass is 32.1. The number of benzene rings is 1. The number of nitrogens with two attached hydrogens (primary N) is 1. The number of ether oxygens (including phenoxy) is 1. The number of carbonyl (C=O) groups excluding carboxylic acids is 1. The number of amides is 1. The van der Waals surface area contributed by atoms with E-state index < -0.39 is 0 Å². The normalized spacial score (nSPS) is 10.2. The minimum absolute atomic E-state index is 0.232. The quantitative estimate of drug-likeness (QED) is 0.842. The molecule has 0 saturated heterocycles. The van der Waals surface area contributed by atoms with Crippen LogP contribution in [-0.4, -0.2) is 17.5 Å². The summed E-state index contributed by atoms with van der Waals surface area (Å²) in [6.07, 6.45) is 0. The lowest BCUT2D eigenvalue weighted by atomic mass is 10.2. The predicted molar refractivity (Wildman–Crippen MR) is 76.8 cm³/mol. The van der Waals surface area contributed by atoms with Gasteiger partial charge in [0.2, 0.25) is 0 Å². The van der Waals surface area contributed by atoms with Crippen molar-refractivity contribution in [1.82, 2.24) is 4.98 Å². The van der Waals surface area contributed by atoms with Gasteiger partial charge in [0, 0.05) is 10.9 Å². The molecule has 100 valence electrons. The molecule has 0 spiro atoms. The maximum Gasteiger partial charge on any atom is 0.257 e. The number of rotatable bonds is 4. The minimum Gasteiger partial charge on any atom is -0.492 e. The van der Waals surface area contributed by atoms with Crippen LogP contribution in [0.3, 0.4) is 0 Å².